The molecule has 1 aliphatic rings. The van der Waals surface area contributed by atoms with Gasteiger partial charge in [0.2, 0.25) is 0 Å². The maximum Gasteiger partial charge on any atom is 0.380 e. The van der Waals surface area contributed by atoms with Gasteiger partial charge >= 0.3 is 10.3 Å². The first-order chi connectivity index (χ1) is 10.4. The number of phenolic OH excluding ortho intramolecular Hbond substituents is 1. The second-order valence-corrected chi connectivity index (χ2v) is 6.88. The van der Waals surface area contributed by atoms with Gasteiger partial charge in [-0.3, -0.25) is 0 Å². The van der Waals surface area contributed by atoms with Crippen molar-refractivity contribution in [2.45, 2.75) is 38.5 Å². The summed E-state index contributed by atoms with van der Waals surface area (Å²) in [5.41, 5.74) is 2.18. The average Bonchev–Trinajstić information content (AvgIpc) is 2.37. The summed E-state index contributed by atoms with van der Waals surface area (Å²) in [6.07, 6.45) is 6.38. The van der Waals surface area contributed by atoms with E-state index >= 15 is 0 Å². The van der Waals surface area contributed by atoms with Gasteiger partial charge in [0.05, 0.1) is 0 Å². The summed E-state index contributed by atoms with van der Waals surface area (Å²) in [5, 5.41) is 17.0. The van der Waals surface area contributed by atoms with Gasteiger partial charge in [0.15, 0.2) is 0 Å². The number of nitrogens with two attached hydrogens (primary N) is 1. The van der Waals surface area contributed by atoms with E-state index in [-0.39, 0.29) is 11.5 Å². The van der Waals surface area contributed by atoms with E-state index < -0.39 is 10.3 Å². The Bertz CT molecular complexity index is 814. The summed E-state index contributed by atoms with van der Waals surface area (Å²) >= 11 is 0. The van der Waals surface area contributed by atoms with Gasteiger partial charge in [-0.1, -0.05) is 18.9 Å². The lowest BCUT2D eigenvalue weighted by Crippen LogP contribution is -2.18. The number of hydrogen-bond acceptors (Lipinski definition) is 4. The first kappa shape index (κ1) is 15.1. The number of phenols is 1. The zero-order valence-electron chi connectivity index (χ0n) is 12.2. The smallest absolute Gasteiger partial charge is 0.380 e. The molecule has 0 saturated carbocycles. The van der Waals surface area contributed by atoms with Crippen LogP contribution in [0.3, 0.4) is 0 Å². The number of rotatable bonds is 2. The Hall–Kier alpha value is -1.79. The molecule has 0 saturated heterocycles. The molecule has 0 fully saturated rings. The Morgan fingerprint density at radius 1 is 1.00 bits per heavy atom. The lowest BCUT2D eigenvalue weighted by molar-refractivity contribution is 0.463. The van der Waals surface area contributed by atoms with E-state index in [1.807, 2.05) is 6.07 Å². The van der Waals surface area contributed by atoms with Gasteiger partial charge in [-0.05, 0) is 65.8 Å². The molecule has 0 aromatic heterocycles. The summed E-state index contributed by atoms with van der Waals surface area (Å²) in [6, 6.07) is 6.71. The van der Waals surface area contributed by atoms with Gasteiger partial charge in [0.25, 0.3) is 0 Å². The molecule has 0 radical (unpaired) electrons. The van der Waals surface area contributed by atoms with Crippen molar-refractivity contribution in [3.63, 3.8) is 0 Å². The summed E-state index contributed by atoms with van der Waals surface area (Å²) in [7, 11) is -4.05. The van der Waals surface area contributed by atoms with Crippen molar-refractivity contribution in [1.82, 2.24) is 0 Å². The molecule has 2 aromatic carbocycles. The highest BCUT2D eigenvalue weighted by molar-refractivity contribution is 7.84. The van der Waals surface area contributed by atoms with Crippen LogP contribution in [-0.4, -0.2) is 13.5 Å². The topological polar surface area (TPSA) is 89.6 Å². The zero-order valence-corrected chi connectivity index (χ0v) is 13.0. The van der Waals surface area contributed by atoms with Crippen molar-refractivity contribution in [1.29, 1.82) is 0 Å². The first-order valence-electron chi connectivity index (χ1n) is 7.44. The van der Waals surface area contributed by atoms with E-state index in [2.05, 4.69) is 0 Å². The fourth-order valence-electron chi connectivity index (χ4n) is 3.19. The fraction of sp³-hybridized carbons (Fsp3) is 0.375. The third kappa shape index (κ3) is 3.18. The van der Waals surface area contributed by atoms with Gasteiger partial charge in [-0.15, -0.1) is 0 Å². The van der Waals surface area contributed by atoms with Crippen LogP contribution in [0.25, 0.3) is 10.8 Å². The predicted molar refractivity (Wildman–Crippen MR) is 85.2 cm³/mol. The third-order valence-corrected chi connectivity index (χ3v) is 4.55. The number of aryl methyl sites for hydroxylation is 1. The molecule has 0 amide bonds. The van der Waals surface area contributed by atoms with Gasteiger partial charge in [0, 0.05) is 0 Å². The van der Waals surface area contributed by atoms with Crippen molar-refractivity contribution in [3.05, 3.63) is 35.4 Å². The van der Waals surface area contributed by atoms with E-state index in [4.69, 9.17) is 9.32 Å². The molecule has 1 aliphatic carbocycles. The summed E-state index contributed by atoms with van der Waals surface area (Å²) in [4.78, 5) is 0. The van der Waals surface area contributed by atoms with Crippen LogP contribution in [0.2, 0.25) is 0 Å². The van der Waals surface area contributed by atoms with Crippen molar-refractivity contribution in [2.75, 3.05) is 0 Å². The first-order valence-corrected chi connectivity index (χ1v) is 8.91. The van der Waals surface area contributed by atoms with Crippen LogP contribution in [0.5, 0.6) is 11.5 Å². The van der Waals surface area contributed by atoms with Crippen molar-refractivity contribution in [2.24, 2.45) is 5.14 Å². The molecule has 0 bridgehead atoms. The minimum Gasteiger partial charge on any atom is -0.508 e. The molecule has 0 heterocycles. The predicted octanol–water partition coefficient (Wildman–Crippen LogP) is 2.79. The van der Waals surface area contributed by atoms with Crippen molar-refractivity contribution in [3.8, 4) is 11.5 Å². The van der Waals surface area contributed by atoms with E-state index in [9.17, 15) is 13.5 Å². The Kier molecular flexibility index (Phi) is 3.97. The summed E-state index contributed by atoms with van der Waals surface area (Å²) in [6.45, 7) is 0. The normalized spacial score (nSPS) is 15.9. The van der Waals surface area contributed by atoms with Crippen molar-refractivity contribution < 1.29 is 17.7 Å². The minimum atomic E-state index is -4.05. The Morgan fingerprint density at radius 3 is 2.36 bits per heavy atom. The minimum absolute atomic E-state index is 0.153. The molecule has 0 aliphatic heterocycles. The van der Waals surface area contributed by atoms with Gasteiger partial charge in [-0.2, -0.15) is 13.6 Å². The van der Waals surface area contributed by atoms with Gasteiger partial charge < -0.3 is 9.29 Å². The molecule has 3 N–H and O–H groups in total. The van der Waals surface area contributed by atoms with Gasteiger partial charge in [-0.25, -0.2) is 0 Å². The maximum absolute atomic E-state index is 11.0. The van der Waals surface area contributed by atoms with E-state index in [0.29, 0.717) is 0 Å². The molecule has 118 valence electrons. The van der Waals surface area contributed by atoms with E-state index in [1.165, 1.54) is 12.8 Å². The molecular weight excluding hydrogens is 302 g/mol. The number of benzene rings is 2. The van der Waals surface area contributed by atoms with Crippen LogP contribution in [0.4, 0.5) is 0 Å². The van der Waals surface area contributed by atoms with E-state index in [1.54, 1.807) is 18.2 Å². The number of hydrogen-bond donors (Lipinski definition) is 2. The van der Waals surface area contributed by atoms with Crippen LogP contribution in [0.15, 0.2) is 24.3 Å². The lowest BCUT2D eigenvalue weighted by atomic mass is 9.88. The molecule has 0 atom stereocenters. The molecular formula is C16H19NO4S. The van der Waals surface area contributed by atoms with Crippen LogP contribution < -0.4 is 9.32 Å². The van der Waals surface area contributed by atoms with Gasteiger partial charge in [0.1, 0.15) is 11.5 Å². The quantitative estimate of drug-likeness (QED) is 0.890. The molecule has 22 heavy (non-hydrogen) atoms. The Morgan fingerprint density at radius 2 is 1.68 bits per heavy atom. The lowest BCUT2D eigenvalue weighted by Gasteiger charge is -2.18. The number of fused-ring (bicyclic) bond motifs is 3. The zero-order chi connectivity index (χ0) is 15.7. The average molecular weight is 321 g/mol. The molecule has 6 heteroatoms. The molecule has 3 rings (SSSR count). The van der Waals surface area contributed by atoms with Crippen molar-refractivity contribution >= 4 is 21.1 Å². The van der Waals surface area contributed by atoms with Crippen LogP contribution in [0.1, 0.15) is 36.8 Å². The fourth-order valence-corrected chi connectivity index (χ4v) is 3.57. The summed E-state index contributed by atoms with van der Waals surface area (Å²) < 4.78 is 26.8. The van der Waals surface area contributed by atoms with Crippen LogP contribution in [-0.2, 0) is 23.1 Å². The number of aromatic hydroxyl groups is 1. The highest BCUT2D eigenvalue weighted by Gasteiger charge is 2.16. The van der Waals surface area contributed by atoms with Crippen LogP contribution in [0, 0.1) is 0 Å². The largest absolute Gasteiger partial charge is 0.508 e. The van der Waals surface area contributed by atoms with Crippen LogP contribution >= 0.6 is 0 Å². The second-order valence-electron chi connectivity index (χ2n) is 5.73. The Balaban J connectivity index is 2.13. The highest BCUT2D eigenvalue weighted by Crippen LogP contribution is 2.35. The standard InChI is InChI=1S/C16H19NO4S/c17-22(19,20)21-12-7-8-13-11(9-12)10-16(18)15-6-4-2-1-3-5-14(13)15/h7-10,18H,1-6H2,(H2,17,19,20). The molecule has 5 nitrogen and oxygen atoms in total. The molecule has 0 unspecified atom stereocenters. The van der Waals surface area contributed by atoms with E-state index in [0.717, 1.165) is 47.6 Å². The molecule has 0 spiro atoms. The monoisotopic (exact) mass is 321 g/mol. The SMILES string of the molecule is NS(=O)(=O)Oc1ccc2c3c(c(O)cc2c1)CCCCCC3. The maximum atomic E-state index is 11.0. The summed E-state index contributed by atoms with van der Waals surface area (Å²) in [5.74, 6) is 0.428. The highest BCUT2D eigenvalue weighted by atomic mass is 32.2. The Labute approximate surface area is 130 Å². The third-order valence-electron chi connectivity index (χ3n) is 4.13. The molecule has 2 aromatic rings. The second kappa shape index (κ2) is 5.78.